The first-order valence-corrected chi connectivity index (χ1v) is 6.53. The molecule has 0 amide bonds. The minimum atomic E-state index is 0.224. The lowest BCUT2D eigenvalue weighted by Gasteiger charge is -2.18. The first-order chi connectivity index (χ1) is 8.16. The number of nitrogens with zero attached hydrogens (tertiary/aromatic N) is 1. The molecule has 2 rings (SSSR count). The van der Waals surface area contributed by atoms with Crippen molar-refractivity contribution < 1.29 is 4.79 Å². The average Bonchev–Trinajstić information content (AvgIpc) is 2.73. The number of carbonyl (C=O) groups is 1. The van der Waals surface area contributed by atoms with E-state index >= 15 is 0 Å². The number of ketones is 1. The molecule has 1 aromatic carbocycles. The van der Waals surface area contributed by atoms with Crippen LogP contribution in [-0.4, -0.2) is 30.3 Å². The molecule has 1 aromatic rings. The molecule has 92 valence electrons. The van der Waals surface area contributed by atoms with Gasteiger partial charge in [0.05, 0.1) is 0 Å². The van der Waals surface area contributed by atoms with Crippen LogP contribution >= 0.6 is 11.6 Å². The average molecular weight is 252 g/mol. The van der Waals surface area contributed by atoms with E-state index in [1.165, 1.54) is 19.4 Å². The van der Waals surface area contributed by atoms with E-state index in [-0.39, 0.29) is 5.78 Å². The molecule has 0 aromatic heterocycles. The molecule has 0 bridgehead atoms. The topological polar surface area (TPSA) is 20.3 Å². The number of hydrogen-bond acceptors (Lipinski definition) is 2. The fourth-order valence-corrected chi connectivity index (χ4v) is 2.55. The van der Waals surface area contributed by atoms with Crippen molar-refractivity contribution in [2.24, 2.45) is 0 Å². The summed E-state index contributed by atoms with van der Waals surface area (Å²) >= 11 is 5.80. The summed E-state index contributed by atoms with van der Waals surface area (Å²) in [6.07, 6.45) is 4.09. The smallest absolute Gasteiger partial charge is 0.162 e. The number of likely N-dealkylation sites (tertiary alicyclic amines) is 1. The standard InChI is InChI=1S/C14H18ClNO/c1-16-10-2-3-13(16)8-9-14(17)11-4-6-12(15)7-5-11/h4-7,13H,2-3,8-10H2,1H3. The molecule has 0 spiro atoms. The van der Waals surface area contributed by atoms with Gasteiger partial charge in [0, 0.05) is 23.0 Å². The van der Waals surface area contributed by atoms with E-state index in [4.69, 9.17) is 11.6 Å². The van der Waals surface area contributed by atoms with Crippen LogP contribution in [0.5, 0.6) is 0 Å². The monoisotopic (exact) mass is 251 g/mol. The molecule has 3 heteroatoms. The minimum Gasteiger partial charge on any atom is -0.303 e. The Morgan fingerprint density at radius 1 is 1.41 bits per heavy atom. The lowest BCUT2D eigenvalue weighted by atomic mass is 10.0. The molecule has 1 aliphatic rings. The van der Waals surface area contributed by atoms with Crippen molar-refractivity contribution in [3.63, 3.8) is 0 Å². The van der Waals surface area contributed by atoms with Crippen LogP contribution in [0, 0.1) is 0 Å². The predicted molar refractivity (Wildman–Crippen MR) is 70.7 cm³/mol. The molecule has 1 fully saturated rings. The number of benzene rings is 1. The van der Waals surface area contributed by atoms with Gasteiger partial charge in [-0.05, 0) is 57.1 Å². The van der Waals surface area contributed by atoms with Gasteiger partial charge in [-0.15, -0.1) is 0 Å². The Morgan fingerprint density at radius 2 is 2.12 bits per heavy atom. The highest BCUT2D eigenvalue weighted by molar-refractivity contribution is 6.30. The fourth-order valence-electron chi connectivity index (χ4n) is 2.42. The quantitative estimate of drug-likeness (QED) is 0.765. The highest BCUT2D eigenvalue weighted by Crippen LogP contribution is 2.20. The second-order valence-electron chi connectivity index (χ2n) is 4.75. The molecule has 0 saturated carbocycles. The third-order valence-corrected chi connectivity index (χ3v) is 3.79. The molecule has 1 atom stereocenters. The normalized spacial score (nSPS) is 20.7. The van der Waals surface area contributed by atoms with Crippen LogP contribution in [-0.2, 0) is 0 Å². The van der Waals surface area contributed by atoms with E-state index in [1.807, 2.05) is 12.1 Å². The van der Waals surface area contributed by atoms with Crippen LogP contribution in [0.3, 0.4) is 0 Å². The molecule has 2 nitrogen and oxygen atoms in total. The summed E-state index contributed by atoms with van der Waals surface area (Å²) in [4.78, 5) is 14.3. The Kier molecular flexibility index (Phi) is 4.19. The SMILES string of the molecule is CN1CCCC1CCC(=O)c1ccc(Cl)cc1. The van der Waals surface area contributed by atoms with Gasteiger partial charge in [0.2, 0.25) is 0 Å². The van der Waals surface area contributed by atoms with E-state index in [1.54, 1.807) is 12.1 Å². The molecular weight excluding hydrogens is 234 g/mol. The zero-order valence-corrected chi connectivity index (χ0v) is 10.9. The Bertz CT molecular complexity index is 388. The Balaban J connectivity index is 1.87. The Labute approximate surface area is 108 Å². The number of rotatable bonds is 4. The maximum absolute atomic E-state index is 12.0. The predicted octanol–water partition coefficient (Wildman–Crippen LogP) is 3.40. The highest BCUT2D eigenvalue weighted by atomic mass is 35.5. The molecular formula is C14H18ClNO. The van der Waals surface area contributed by atoms with Crippen molar-refractivity contribution >= 4 is 17.4 Å². The highest BCUT2D eigenvalue weighted by Gasteiger charge is 2.21. The minimum absolute atomic E-state index is 0.224. The second kappa shape index (κ2) is 5.65. The van der Waals surface area contributed by atoms with Crippen molar-refractivity contribution in [1.82, 2.24) is 4.90 Å². The van der Waals surface area contributed by atoms with Crippen molar-refractivity contribution in [1.29, 1.82) is 0 Å². The molecule has 0 aliphatic carbocycles. The zero-order chi connectivity index (χ0) is 12.3. The summed E-state index contributed by atoms with van der Waals surface area (Å²) in [7, 11) is 2.14. The number of halogens is 1. The zero-order valence-electron chi connectivity index (χ0n) is 10.2. The third kappa shape index (κ3) is 3.30. The lowest BCUT2D eigenvalue weighted by Crippen LogP contribution is -2.25. The first kappa shape index (κ1) is 12.6. The van der Waals surface area contributed by atoms with Gasteiger partial charge in [-0.2, -0.15) is 0 Å². The first-order valence-electron chi connectivity index (χ1n) is 6.16. The van der Waals surface area contributed by atoms with E-state index in [9.17, 15) is 4.79 Å². The Hall–Kier alpha value is -0.860. The largest absolute Gasteiger partial charge is 0.303 e. The fraction of sp³-hybridized carbons (Fsp3) is 0.500. The van der Waals surface area contributed by atoms with Crippen LogP contribution in [0.1, 0.15) is 36.0 Å². The maximum atomic E-state index is 12.0. The van der Waals surface area contributed by atoms with E-state index in [2.05, 4.69) is 11.9 Å². The van der Waals surface area contributed by atoms with Gasteiger partial charge >= 0.3 is 0 Å². The molecule has 1 aliphatic heterocycles. The summed E-state index contributed by atoms with van der Waals surface area (Å²) in [6, 6.07) is 7.75. The summed E-state index contributed by atoms with van der Waals surface area (Å²) in [5, 5.41) is 0.678. The second-order valence-corrected chi connectivity index (χ2v) is 5.18. The van der Waals surface area contributed by atoms with Crippen LogP contribution in [0.25, 0.3) is 0 Å². The van der Waals surface area contributed by atoms with Gasteiger partial charge in [-0.25, -0.2) is 0 Å². The lowest BCUT2D eigenvalue weighted by molar-refractivity contribution is 0.0970. The number of hydrogen-bond donors (Lipinski definition) is 0. The van der Waals surface area contributed by atoms with Crippen LogP contribution in [0.2, 0.25) is 5.02 Å². The van der Waals surface area contributed by atoms with Gasteiger partial charge in [0.1, 0.15) is 0 Å². The van der Waals surface area contributed by atoms with Crippen molar-refractivity contribution in [3.05, 3.63) is 34.9 Å². The summed E-state index contributed by atoms with van der Waals surface area (Å²) in [5.41, 5.74) is 0.773. The van der Waals surface area contributed by atoms with Gasteiger partial charge in [-0.3, -0.25) is 4.79 Å². The van der Waals surface area contributed by atoms with Crippen LogP contribution < -0.4 is 0 Å². The van der Waals surface area contributed by atoms with Crippen molar-refractivity contribution in [2.75, 3.05) is 13.6 Å². The molecule has 1 unspecified atom stereocenters. The van der Waals surface area contributed by atoms with Gasteiger partial charge < -0.3 is 4.90 Å². The summed E-state index contributed by atoms with van der Waals surface area (Å²) < 4.78 is 0. The molecule has 1 heterocycles. The molecule has 0 radical (unpaired) electrons. The number of Topliss-reactive ketones (excluding diaryl/α,β-unsaturated/α-hetero) is 1. The third-order valence-electron chi connectivity index (χ3n) is 3.54. The van der Waals surface area contributed by atoms with E-state index in [0.29, 0.717) is 17.5 Å². The summed E-state index contributed by atoms with van der Waals surface area (Å²) in [5.74, 6) is 0.224. The molecule has 0 N–H and O–H groups in total. The van der Waals surface area contributed by atoms with E-state index in [0.717, 1.165) is 12.0 Å². The molecule has 1 saturated heterocycles. The van der Waals surface area contributed by atoms with Gasteiger partial charge in [0.25, 0.3) is 0 Å². The summed E-state index contributed by atoms with van der Waals surface area (Å²) in [6.45, 7) is 1.17. The Morgan fingerprint density at radius 3 is 2.71 bits per heavy atom. The van der Waals surface area contributed by atoms with Crippen molar-refractivity contribution in [2.45, 2.75) is 31.7 Å². The number of carbonyl (C=O) groups excluding carboxylic acids is 1. The van der Waals surface area contributed by atoms with Crippen LogP contribution in [0.4, 0.5) is 0 Å². The maximum Gasteiger partial charge on any atom is 0.162 e. The van der Waals surface area contributed by atoms with Crippen LogP contribution in [0.15, 0.2) is 24.3 Å². The van der Waals surface area contributed by atoms with Gasteiger partial charge in [0.15, 0.2) is 5.78 Å². The van der Waals surface area contributed by atoms with Gasteiger partial charge in [-0.1, -0.05) is 11.6 Å². The van der Waals surface area contributed by atoms with E-state index < -0.39 is 0 Å². The molecule has 17 heavy (non-hydrogen) atoms. The van der Waals surface area contributed by atoms with Crippen molar-refractivity contribution in [3.8, 4) is 0 Å².